The zero-order valence-electron chi connectivity index (χ0n) is 13.2. The predicted molar refractivity (Wildman–Crippen MR) is 93.6 cm³/mol. The number of para-hydroxylation sites is 1. The number of nitrogen functional groups attached to an aromatic ring is 1. The smallest absolute Gasteiger partial charge is 0.227 e. The van der Waals surface area contributed by atoms with Gasteiger partial charge in [0.25, 0.3) is 0 Å². The molecule has 3 N–H and O–H groups in total. The van der Waals surface area contributed by atoms with Gasteiger partial charge in [-0.1, -0.05) is 18.2 Å². The molecular formula is C18H18N6. The largest absolute Gasteiger partial charge is 0.368 e. The fourth-order valence-corrected chi connectivity index (χ4v) is 2.62. The third kappa shape index (κ3) is 3.32. The Kier molecular flexibility index (Phi) is 3.78. The predicted octanol–water partition coefficient (Wildman–Crippen LogP) is 3.21. The molecule has 1 fully saturated rings. The first-order chi connectivity index (χ1) is 11.8. The third-order valence-corrected chi connectivity index (χ3v) is 4.03. The number of rotatable bonds is 5. The molecule has 1 saturated carbocycles. The Labute approximate surface area is 140 Å². The Bertz CT molecular complexity index is 845. The molecule has 0 radical (unpaired) electrons. The molecule has 1 aliphatic rings. The number of hydrogen-bond acceptors (Lipinski definition) is 6. The van der Waals surface area contributed by atoms with Crippen LogP contribution in [0.3, 0.4) is 0 Å². The lowest BCUT2D eigenvalue weighted by molar-refractivity contribution is 0.802. The Morgan fingerprint density at radius 1 is 1.04 bits per heavy atom. The fourth-order valence-electron chi connectivity index (χ4n) is 2.62. The fraction of sp³-hybridized carbons (Fsp3) is 0.222. The number of hydrogen-bond donors (Lipinski definition) is 2. The van der Waals surface area contributed by atoms with Gasteiger partial charge in [-0.2, -0.15) is 0 Å². The van der Waals surface area contributed by atoms with Crippen LogP contribution in [0.15, 0.2) is 48.8 Å². The first-order valence-corrected chi connectivity index (χ1v) is 8.05. The van der Waals surface area contributed by atoms with Gasteiger partial charge >= 0.3 is 0 Å². The van der Waals surface area contributed by atoms with Crippen molar-refractivity contribution >= 4 is 17.6 Å². The van der Waals surface area contributed by atoms with Gasteiger partial charge in [-0.3, -0.25) is 0 Å². The number of nitrogens with one attached hydrogen (secondary N) is 1. The van der Waals surface area contributed by atoms with Crippen molar-refractivity contribution in [2.45, 2.75) is 19.3 Å². The van der Waals surface area contributed by atoms with Gasteiger partial charge in [-0.15, -0.1) is 0 Å². The Hall–Kier alpha value is -3.02. The van der Waals surface area contributed by atoms with Crippen molar-refractivity contribution < 1.29 is 0 Å². The summed E-state index contributed by atoms with van der Waals surface area (Å²) in [5.41, 5.74) is 9.41. The Morgan fingerprint density at radius 3 is 2.67 bits per heavy atom. The van der Waals surface area contributed by atoms with E-state index in [1.54, 1.807) is 12.4 Å². The highest BCUT2D eigenvalue weighted by molar-refractivity contribution is 5.64. The Morgan fingerprint density at radius 2 is 1.88 bits per heavy atom. The quantitative estimate of drug-likeness (QED) is 0.751. The zero-order chi connectivity index (χ0) is 16.4. The zero-order valence-corrected chi connectivity index (χ0v) is 13.2. The molecule has 2 aromatic heterocycles. The molecule has 6 heteroatoms. The van der Waals surface area contributed by atoms with Crippen LogP contribution in [-0.2, 0) is 6.42 Å². The van der Waals surface area contributed by atoms with Crippen LogP contribution < -0.4 is 11.1 Å². The summed E-state index contributed by atoms with van der Waals surface area (Å²) >= 11 is 0. The Balaban J connectivity index is 1.65. The third-order valence-electron chi connectivity index (χ3n) is 4.03. The average molecular weight is 318 g/mol. The lowest BCUT2D eigenvalue weighted by atomic mass is 10.1. The van der Waals surface area contributed by atoms with Crippen molar-refractivity contribution in [3.05, 3.63) is 54.5 Å². The molecule has 24 heavy (non-hydrogen) atoms. The van der Waals surface area contributed by atoms with Crippen molar-refractivity contribution in [3.8, 4) is 11.3 Å². The van der Waals surface area contributed by atoms with Crippen LogP contribution in [0.5, 0.6) is 0 Å². The first-order valence-electron chi connectivity index (χ1n) is 8.05. The molecule has 4 rings (SSSR count). The molecule has 1 aromatic carbocycles. The molecule has 0 atom stereocenters. The maximum Gasteiger partial charge on any atom is 0.227 e. The monoisotopic (exact) mass is 318 g/mol. The highest BCUT2D eigenvalue weighted by Gasteiger charge is 2.24. The number of nitrogens with zero attached hydrogens (tertiary/aromatic N) is 4. The minimum Gasteiger partial charge on any atom is -0.368 e. The standard InChI is InChI=1S/C18H18N6/c19-17-21-11-14(16(23-17)10-12-6-7-12)15-8-9-20-18(24-15)22-13-4-2-1-3-5-13/h1-5,8-9,11-12H,6-7,10H2,(H2,19,21,23)(H,20,22,24). The van der Waals surface area contributed by atoms with Crippen LogP contribution in [-0.4, -0.2) is 19.9 Å². The normalized spacial score (nSPS) is 13.7. The minimum absolute atomic E-state index is 0.311. The van der Waals surface area contributed by atoms with E-state index in [1.807, 2.05) is 36.4 Å². The molecule has 0 saturated heterocycles. The van der Waals surface area contributed by atoms with Crippen molar-refractivity contribution in [1.29, 1.82) is 0 Å². The average Bonchev–Trinajstić information content (AvgIpc) is 3.40. The van der Waals surface area contributed by atoms with Gasteiger partial charge in [0.1, 0.15) is 0 Å². The number of anilines is 3. The molecular weight excluding hydrogens is 300 g/mol. The summed E-state index contributed by atoms with van der Waals surface area (Å²) in [6.07, 6.45) is 6.94. The molecule has 120 valence electrons. The molecule has 2 heterocycles. The molecule has 0 aliphatic heterocycles. The number of nitrogens with two attached hydrogens (primary N) is 1. The van der Waals surface area contributed by atoms with Crippen molar-refractivity contribution in [1.82, 2.24) is 19.9 Å². The van der Waals surface area contributed by atoms with Gasteiger partial charge in [0.2, 0.25) is 11.9 Å². The van der Waals surface area contributed by atoms with Crippen molar-refractivity contribution in [2.24, 2.45) is 5.92 Å². The second kappa shape index (κ2) is 6.23. The molecule has 0 amide bonds. The van der Waals surface area contributed by atoms with Gasteiger partial charge in [0.05, 0.1) is 11.4 Å². The van der Waals surface area contributed by atoms with E-state index >= 15 is 0 Å². The molecule has 3 aromatic rings. The van der Waals surface area contributed by atoms with Crippen LogP contribution in [0, 0.1) is 5.92 Å². The van der Waals surface area contributed by atoms with Gasteiger partial charge in [0, 0.05) is 23.6 Å². The molecule has 0 unspecified atom stereocenters. The van der Waals surface area contributed by atoms with Gasteiger partial charge < -0.3 is 11.1 Å². The van der Waals surface area contributed by atoms with E-state index in [1.165, 1.54) is 12.8 Å². The van der Waals surface area contributed by atoms with E-state index in [2.05, 4.69) is 25.3 Å². The second-order valence-electron chi connectivity index (χ2n) is 5.99. The maximum absolute atomic E-state index is 5.77. The highest BCUT2D eigenvalue weighted by atomic mass is 15.1. The number of benzene rings is 1. The summed E-state index contributed by atoms with van der Waals surface area (Å²) in [6, 6.07) is 11.7. The molecule has 0 spiro atoms. The summed E-state index contributed by atoms with van der Waals surface area (Å²) in [5.74, 6) is 1.57. The SMILES string of the molecule is Nc1ncc(-c2ccnc(Nc3ccccc3)n2)c(CC2CC2)n1. The van der Waals surface area contributed by atoms with E-state index in [-0.39, 0.29) is 0 Å². The lowest BCUT2D eigenvalue weighted by Crippen LogP contribution is -2.04. The minimum atomic E-state index is 0.311. The van der Waals surface area contributed by atoms with Gasteiger partial charge in [-0.25, -0.2) is 19.9 Å². The van der Waals surface area contributed by atoms with E-state index in [4.69, 9.17) is 5.73 Å². The second-order valence-corrected chi connectivity index (χ2v) is 5.99. The van der Waals surface area contributed by atoms with Crippen LogP contribution in [0.4, 0.5) is 17.6 Å². The molecule has 0 bridgehead atoms. The van der Waals surface area contributed by atoms with Crippen LogP contribution in [0.25, 0.3) is 11.3 Å². The summed E-state index contributed by atoms with van der Waals surface area (Å²) in [5, 5.41) is 3.21. The van der Waals surface area contributed by atoms with Gasteiger partial charge in [-0.05, 0) is 43.4 Å². The first kappa shape index (κ1) is 14.6. The van der Waals surface area contributed by atoms with E-state index in [0.29, 0.717) is 17.8 Å². The van der Waals surface area contributed by atoms with E-state index in [0.717, 1.165) is 29.1 Å². The molecule has 1 aliphatic carbocycles. The summed E-state index contributed by atoms with van der Waals surface area (Å²) in [6.45, 7) is 0. The topological polar surface area (TPSA) is 89.6 Å². The van der Waals surface area contributed by atoms with Crippen molar-refractivity contribution in [2.75, 3.05) is 11.1 Å². The van der Waals surface area contributed by atoms with Gasteiger partial charge in [0.15, 0.2) is 0 Å². The van der Waals surface area contributed by atoms with Crippen molar-refractivity contribution in [3.63, 3.8) is 0 Å². The number of aromatic nitrogens is 4. The van der Waals surface area contributed by atoms with E-state index in [9.17, 15) is 0 Å². The summed E-state index contributed by atoms with van der Waals surface area (Å²) in [7, 11) is 0. The highest BCUT2D eigenvalue weighted by Crippen LogP contribution is 2.34. The van der Waals surface area contributed by atoms with Crippen LogP contribution in [0.1, 0.15) is 18.5 Å². The molecule has 6 nitrogen and oxygen atoms in total. The van der Waals surface area contributed by atoms with E-state index < -0.39 is 0 Å². The maximum atomic E-state index is 5.77. The van der Waals surface area contributed by atoms with Crippen LogP contribution in [0.2, 0.25) is 0 Å². The summed E-state index contributed by atoms with van der Waals surface area (Å²) in [4.78, 5) is 17.5. The lowest BCUT2D eigenvalue weighted by Gasteiger charge is -2.10. The summed E-state index contributed by atoms with van der Waals surface area (Å²) < 4.78 is 0. The van der Waals surface area contributed by atoms with Crippen LogP contribution >= 0.6 is 0 Å².